The predicted molar refractivity (Wildman–Crippen MR) is 78.2 cm³/mol. The second-order valence-corrected chi connectivity index (χ2v) is 5.19. The van der Waals surface area contributed by atoms with Gasteiger partial charge in [0.25, 0.3) is 5.91 Å². The molecule has 2 aliphatic heterocycles. The van der Waals surface area contributed by atoms with Crippen molar-refractivity contribution in [2.24, 2.45) is 0 Å². The van der Waals surface area contributed by atoms with E-state index in [2.05, 4.69) is 16.3 Å². The lowest BCUT2D eigenvalue weighted by atomic mass is 10.1. The number of benzene rings is 1. The normalized spacial score (nSPS) is 20.0. The quantitative estimate of drug-likeness (QED) is 0.857. The molecule has 0 atom stereocenters. The summed E-state index contributed by atoms with van der Waals surface area (Å²) in [4.78, 5) is 16.7. The van der Waals surface area contributed by atoms with Gasteiger partial charge < -0.3 is 19.9 Å². The van der Waals surface area contributed by atoms with Crippen LogP contribution in [0.3, 0.4) is 0 Å². The number of morpholine rings is 1. The number of nitrogens with one attached hydrogen (secondary N) is 1. The molecule has 0 radical (unpaired) electrons. The first-order valence-corrected chi connectivity index (χ1v) is 7.27. The maximum absolute atomic E-state index is 12.5. The van der Waals surface area contributed by atoms with Crippen LogP contribution in [0, 0.1) is 0 Å². The van der Waals surface area contributed by atoms with Crippen LogP contribution in [0.5, 0.6) is 0 Å². The Labute approximate surface area is 119 Å². The average Bonchev–Trinajstić information content (AvgIpc) is 2.56. The van der Waals surface area contributed by atoms with E-state index in [0.29, 0.717) is 26.3 Å². The summed E-state index contributed by atoms with van der Waals surface area (Å²) in [6.45, 7) is 6.66. The molecule has 0 unspecified atom stereocenters. The molecule has 2 heterocycles. The molecule has 2 saturated heterocycles. The standard InChI is InChI=1S/C15H21N3O2/c19-15(18-8-10-20-11-9-18)13-2-1-3-14(12-13)17-6-4-16-5-7-17/h1-3,12,16H,4-11H2. The van der Waals surface area contributed by atoms with Crippen LogP contribution in [0.15, 0.2) is 24.3 Å². The zero-order valence-corrected chi connectivity index (χ0v) is 11.7. The van der Waals surface area contributed by atoms with Crippen LogP contribution in [-0.2, 0) is 4.74 Å². The van der Waals surface area contributed by atoms with Gasteiger partial charge in [0.15, 0.2) is 0 Å². The van der Waals surface area contributed by atoms with Crippen LogP contribution in [0.25, 0.3) is 0 Å². The first kappa shape index (κ1) is 13.4. The van der Waals surface area contributed by atoms with Crippen molar-refractivity contribution in [2.75, 3.05) is 57.4 Å². The van der Waals surface area contributed by atoms with E-state index in [1.165, 1.54) is 0 Å². The molecule has 2 fully saturated rings. The van der Waals surface area contributed by atoms with Gasteiger partial charge in [-0.2, -0.15) is 0 Å². The summed E-state index contributed by atoms with van der Waals surface area (Å²) in [6, 6.07) is 7.99. The maximum Gasteiger partial charge on any atom is 0.254 e. The molecule has 1 aromatic carbocycles. The van der Waals surface area contributed by atoms with Gasteiger partial charge in [-0.15, -0.1) is 0 Å². The summed E-state index contributed by atoms with van der Waals surface area (Å²) < 4.78 is 5.30. The van der Waals surface area contributed by atoms with Crippen molar-refractivity contribution in [3.05, 3.63) is 29.8 Å². The number of piperazine rings is 1. The van der Waals surface area contributed by atoms with Gasteiger partial charge in [-0.25, -0.2) is 0 Å². The second kappa shape index (κ2) is 6.24. The van der Waals surface area contributed by atoms with Crippen LogP contribution in [0.1, 0.15) is 10.4 Å². The zero-order valence-electron chi connectivity index (χ0n) is 11.7. The third-order valence-electron chi connectivity index (χ3n) is 3.87. The van der Waals surface area contributed by atoms with E-state index in [4.69, 9.17) is 4.74 Å². The van der Waals surface area contributed by atoms with Crippen LogP contribution < -0.4 is 10.2 Å². The van der Waals surface area contributed by atoms with Gasteiger partial charge in [-0.05, 0) is 18.2 Å². The lowest BCUT2D eigenvalue weighted by Crippen LogP contribution is -2.43. The Morgan fingerprint density at radius 2 is 1.85 bits per heavy atom. The number of amides is 1. The molecule has 5 heteroatoms. The van der Waals surface area contributed by atoms with Gasteiger partial charge in [-0.1, -0.05) is 6.07 Å². The van der Waals surface area contributed by atoms with Crippen molar-refractivity contribution in [1.29, 1.82) is 0 Å². The van der Waals surface area contributed by atoms with E-state index in [9.17, 15) is 4.79 Å². The fourth-order valence-corrected chi connectivity index (χ4v) is 2.71. The first-order valence-electron chi connectivity index (χ1n) is 7.27. The highest BCUT2D eigenvalue weighted by Crippen LogP contribution is 2.18. The molecule has 0 spiro atoms. The largest absolute Gasteiger partial charge is 0.378 e. The van der Waals surface area contributed by atoms with Crippen molar-refractivity contribution in [3.8, 4) is 0 Å². The number of anilines is 1. The molecule has 3 rings (SSSR count). The third kappa shape index (κ3) is 2.94. The van der Waals surface area contributed by atoms with Crippen LogP contribution in [0.2, 0.25) is 0 Å². The number of nitrogens with zero attached hydrogens (tertiary/aromatic N) is 2. The van der Waals surface area contributed by atoms with Gasteiger partial charge in [-0.3, -0.25) is 4.79 Å². The molecule has 0 aliphatic carbocycles. The number of hydrogen-bond donors (Lipinski definition) is 1. The first-order chi connectivity index (χ1) is 9.84. The smallest absolute Gasteiger partial charge is 0.254 e. The molecule has 1 N–H and O–H groups in total. The monoisotopic (exact) mass is 275 g/mol. The molecule has 1 aromatic rings. The molecule has 0 bridgehead atoms. The summed E-state index contributed by atoms with van der Waals surface area (Å²) in [5, 5.41) is 3.34. The van der Waals surface area contributed by atoms with Crippen LogP contribution >= 0.6 is 0 Å². The summed E-state index contributed by atoms with van der Waals surface area (Å²) in [7, 11) is 0. The predicted octanol–water partition coefficient (Wildman–Crippen LogP) is 0.569. The fraction of sp³-hybridized carbons (Fsp3) is 0.533. The van der Waals surface area contributed by atoms with Crippen molar-refractivity contribution in [3.63, 3.8) is 0 Å². The minimum absolute atomic E-state index is 0.116. The topological polar surface area (TPSA) is 44.8 Å². The highest BCUT2D eigenvalue weighted by atomic mass is 16.5. The molecule has 0 aromatic heterocycles. The molecule has 2 aliphatic rings. The van der Waals surface area contributed by atoms with E-state index in [1.807, 2.05) is 23.1 Å². The van der Waals surface area contributed by atoms with Crippen molar-refractivity contribution < 1.29 is 9.53 Å². The van der Waals surface area contributed by atoms with Crippen molar-refractivity contribution in [2.45, 2.75) is 0 Å². The van der Waals surface area contributed by atoms with Gasteiger partial charge in [0.05, 0.1) is 13.2 Å². The minimum atomic E-state index is 0.116. The number of rotatable bonds is 2. The Balaban J connectivity index is 1.74. The summed E-state index contributed by atoms with van der Waals surface area (Å²) in [5.74, 6) is 0.116. The number of carbonyl (C=O) groups is 1. The maximum atomic E-state index is 12.5. The molecule has 20 heavy (non-hydrogen) atoms. The highest BCUT2D eigenvalue weighted by molar-refractivity contribution is 5.95. The number of ether oxygens (including phenoxy) is 1. The van der Waals surface area contributed by atoms with E-state index < -0.39 is 0 Å². The second-order valence-electron chi connectivity index (χ2n) is 5.19. The molecule has 1 amide bonds. The van der Waals surface area contributed by atoms with E-state index in [0.717, 1.165) is 37.4 Å². The summed E-state index contributed by atoms with van der Waals surface area (Å²) >= 11 is 0. The third-order valence-corrected chi connectivity index (χ3v) is 3.87. The molecule has 5 nitrogen and oxygen atoms in total. The molecule has 108 valence electrons. The Bertz CT molecular complexity index is 466. The number of hydrogen-bond acceptors (Lipinski definition) is 4. The minimum Gasteiger partial charge on any atom is -0.378 e. The van der Waals surface area contributed by atoms with Gasteiger partial charge in [0.2, 0.25) is 0 Å². The molecular weight excluding hydrogens is 254 g/mol. The van der Waals surface area contributed by atoms with Gasteiger partial charge in [0.1, 0.15) is 0 Å². The Morgan fingerprint density at radius 1 is 1.10 bits per heavy atom. The average molecular weight is 275 g/mol. The summed E-state index contributed by atoms with van der Waals surface area (Å²) in [6.07, 6.45) is 0. The zero-order chi connectivity index (χ0) is 13.8. The molecular formula is C15H21N3O2. The lowest BCUT2D eigenvalue weighted by Gasteiger charge is -2.30. The van der Waals surface area contributed by atoms with Crippen LogP contribution in [-0.4, -0.2) is 63.3 Å². The van der Waals surface area contributed by atoms with Crippen molar-refractivity contribution in [1.82, 2.24) is 10.2 Å². The van der Waals surface area contributed by atoms with Crippen LogP contribution in [0.4, 0.5) is 5.69 Å². The Kier molecular flexibility index (Phi) is 4.18. The van der Waals surface area contributed by atoms with Crippen molar-refractivity contribution >= 4 is 11.6 Å². The lowest BCUT2D eigenvalue weighted by molar-refractivity contribution is 0.0303. The fourth-order valence-electron chi connectivity index (χ4n) is 2.71. The van der Waals surface area contributed by atoms with E-state index in [1.54, 1.807) is 0 Å². The van der Waals surface area contributed by atoms with E-state index >= 15 is 0 Å². The Morgan fingerprint density at radius 3 is 2.60 bits per heavy atom. The summed E-state index contributed by atoms with van der Waals surface area (Å²) in [5.41, 5.74) is 1.92. The highest BCUT2D eigenvalue weighted by Gasteiger charge is 2.19. The van der Waals surface area contributed by atoms with Gasteiger partial charge >= 0.3 is 0 Å². The van der Waals surface area contributed by atoms with E-state index in [-0.39, 0.29) is 5.91 Å². The molecule has 0 saturated carbocycles. The number of carbonyl (C=O) groups excluding carboxylic acids is 1. The Hall–Kier alpha value is -1.59. The van der Waals surface area contributed by atoms with Gasteiger partial charge in [0, 0.05) is 50.5 Å². The SMILES string of the molecule is O=C(c1cccc(N2CCNCC2)c1)N1CCOCC1.